The average molecular weight is 257 g/mol. The molecule has 0 saturated heterocycles. The van der Waals surface area contributed by atoms with E-state index < -0.39 is 23.2 Å². The Labute approximate surface area is 108 Å². The van der Waals surface area contributed by atoms with Crippen molar-refractivity contribution >= 4 is 11.9 Å². The summed E-state index contributed by atoms with van der Waals surface area (Å²) < 4.78 is 0. The lowest BCUT2D eigenvalue weighted by atomic mass is 10.1. The third-order valence-electron chi connectivity index (χ3n) is 3.89. The molecule has 2 N–H and O–H groups in total. The summed E-state index contributed by atoms with van der Waals surface area (Å²) in [6, 6.07) is 0. The molecule has 0 radical (unpaired) electrons. The Hall–Kier alpha value is -1.10. The smallest absolute Gasteiger partial charge is 0.307 e. The number of amides is 1. The van der Waals surface area contributed by atoms with Gasteiger partial charge in [-0.3, -0.25) is 9.59 Å². The average Bonchev–Trinajstić information content (AvgIpc) is 2.86. The zero-order valence-corrected chi connectivity index (χ0v) is 11.3. The SMILES string of the molecule is CN(CCCCCO)C(=O)C1C(C(=O)O)C1(C)C. The van der Waals surface area contributed by atoms with Crippen molar-refractivity contribution in [1.29, 1.82) is 0 Å². The minimum atomic E-state index is -0.882. The molecule has 0 aromatic rings. The highest BCUT2D eigenvalue weighted by Crippen LogP contribution is 2.58. The zero-order chi connectivity index (χ0) is 13.9. The highest BCUT2D eigenvalue weighted by Gasteiger charge is 2.66. The number of hydrogen-bond acceptors (Lipinski definition) is 3. The number of aliphatic carboxylic acids is 1. The Morgan fingerprint density at radius 2 is 1.78 bits per heavy atom. The van der Waals surface area contributed by atoms with Crippen molar-refractivity contribution in [2.75, 3.05) is 20.2 Å². The number of aliphatic hydroxyl groups is 1. The first kappa shape index (κ1) is 15.0. The van der Waals surface area contributed by atoms with Crippen molar-refractivity contribution < 1.29 is 19.8 Å². The van der Waals surface area contributed by atoms with E-state index in [9.17, 15) is 9.59 Å². The van der Waals surface area contributed by atoms with E-state index in [0.29, 0.717) is 6.54 Å². The summed E-state index contributed by atoms with van der Waals surface area (Å²) in [5.41, 5.74) is -0.428. The van der Waals surface area contributed by atoms with E-state index in [1.54, 1.807) is 11.9 Å². The lowest BCUT2D eigenvalue weighted by molar-refractivity contribution is -0.141. The first-order valence-electron chi connectivity index (χ1n) is 6.42. The third kappa shape index (κ3) is 3.02. The minimum Gasteiger partial charge on any atom is -0.481 e. The summed E-state index contributed by atoms with van der Waals surface area (Å²) in [5, 5.41) is 17.7. The van der Waals surface area contributed by atoms with E-state index in [2.05, 4.69) is 0 Å². The summed E-state index contributed by atoms with van der Waals surface area (Å²) in [7, 11) is 1.72. The molecule has 0 bridgehead atoms. The number of nitrogens with zero attached hydrogens (tertiary/aromatic N) is 1. The maximum Gasteiger partial charge on any atom is 0.307 e. The molecule has 2 atom stereocenters. The van der Waals surface area contributed by atoms with Crippen LogP contribution in [0.5, 0.6) is 0 Å². The molecular formula is C13H23NO4. The van der Waals surface area contributed by atoms with Gasteiger partial charge in [-0.2, -0.15) is 0 Å². The van der Waals surface area contributed by atoms with Gasteiger partial charge in [0.2, 0.25) is 5.91 Å². The van der Waals surface area contributed by atoms with Crippen LogP contribution >= 0.6 is 0 Å². The van der Waals surface area contributed by atoms with Crippen molar-refractivity contribution in [3.8, 4) is 0 Å². The molecule has 1 fully saturated rings. The van der Waals surface area contributed by atoms with Gasteiger partial charge in [-0.25, -0.2) is 0 Å². The maximum atomic E-state index is 12.1. The van der Waals surface area contributed by atoms with Crippen LogP contribution in [0.25, 0.3) is 0 Å². The topological polar surface area (TPSA) is 77.8 Å². The standard InChI is InChI=1S/C13H23NO4/c1-13(2)9(10(13)12(17)18)11(16)14(3)7-5-4-6-8-15/h9-10,15H,4-8H2,1-3H3,(H,17,18). The van der Waals surface area contributed by atoms with Gasteiger partial charge in [0.25, 0.3) is 0 Å². The Balaban J connectivity index is 2.43. The predicted molar refractivity (Wildman–Crippen MR) is 67.0 cm³/mol. The monoisotopic (exact) mass is 257 g/mol. The van der Waals surface area contributed by atoms with Gasteiger partial charge < -0.3 is 15.1 Å². The van der Waals surface area contributed by atoms with Crippen LogP contribution in [0, 0.1) is 17.3 Å². The molecule has 0 aliphatic heterocycles. The van der Waals surface area contributed by atoms with Crippen molar-refractivity contribution in [1.82, 2.24) is 4.90 Å². The first-order valence-corrected chi connectivity index (χ1v) is 6.42. The highest BCUT2D eigenvalue weighted by atomic mass is 16.4. The molecule has 1 amide bonds. The first-order chi connectivity index (χ1) is 8.34. The molecule has 1 aliphatic carbocycles. The maximum absolute atomic E-state index is 12.1. The number of rotatable bonds is 7. The quantitative estimate of drug-likeness (QED) is 0.666. The van der Waals surface area contributed by atoms with Gasteiger partial charge in [-0.15, -0.1) is 0 Å². The van der Waals surface area contributed by atoms with Gasteiger partial charge in [-0.05, 0) is 24.7 Å². The van der Waals surface area contributed by atoms with Crippen LogP contribution in [0.1, 0.15) is 33.1 Å². The fourth-order valence-electron chi connectivity index (χ4n) is 2.54. The number of unbranched alkanes of at least 4 members (excludes halogenated alkanes) is 2. The van der Waals surface area contributed by atoms with E-state index in [1.165, 1.54) is 0 Å². The molecule has 1 saturated carbocycles. The molecule has 5 heteroatoms. The van der Waals surface area contributed by atoms with E-state index >= 15 is 0 Å². The largest absolute Gasteiger partial charge is 0.481 e. The highest BCUT2D eigenvalue weighted by molar-refractivity contribution is 5.91. The second-order valence-electron chi connectivity index (χ2n) is 5.66. The zero-order valence-electron chi connectivity index (χ0n) is 11.3. The Bertz CT molecular complexity index is 327. The lowest BCUT2D eigenvalue weighted by Crippen LogP contribution is -2.31. The van der Waals surface area contributed by atoms with Crippen molar-refractivity contribution in [2.45, 2.75) is 33.1 Å². The van der Waals surface area contributed by atoms with Crippen molar-refractivity contribution in [2.24, 2.45) is 17.3 Å². The number of carbonyl (C=O) groups excluding carboxylic acids is 1. The van der Waals surface area contributed by atoms with E-state index in [4.69, 9.17) is 10.2 Å². The van der Waals surface area contributed by atoms with Crippen LogP contribution in [-0.4, -0.2) is 47.2 Å². The van der Waals surface area contributed by atoms with Crippen LogP contribution in [0.2, 0.25) is 0 Å². The second kappa shape index (κ2) is 5.69. The normalized spacial score (nSPS) is 24.7. The van der Waals surface area contributed by atoms with Crippen LogP contribution in [-0.2, 0) is 9.59 Å². The second-order valence-corrected chi connectivity index (χ2v) is 5.66. The number of hydrogen-bond donors (Lipinski definition) is 2. The van der Waals surface area contributed by atoms with Gasteiger partial charge in [0, 0.05) is 20.2 Å². The Morgan fingerprint density at radius 3 is 2.22 bits per heavy atom. The summed E-state index contributed by atoms with van der Waals surface area (Å²) in [4.78, 5) is 24.7. The molecule has 0 spiro atoms. The lowest BCUT2D eigenvalue weighted by Gasteiger charge is -2.17. The van der Waals surface area contributed by atoms with Gasteiger partial charge in [-0.1, -0.05) is 13.8 Å². The molecule has 104 valence electrons. The van der Waals surface area contributed by atoms with Crippen LogP contribution in [0.3, 0.4) is 0 Å². The number of carboxylic acids is 1. The summed E-state index contributed by atoms with van der Waals surface area (Å²) >= 11 is 0. The summed E-state index contributed by atoms with van der Waals surface area (Å²) in [6.07, 6.45) is 2.47. The van der Waals surface area contributed by atoms with Crippen molar-refractivity contribution in [3.63, 3.8) is 0 Å². The minimum absolute atomic E-state index is 0.0728. The Kier molecular flexibility index (Phi) is 4.73. The fourth-order valence-corrected chi connectivity index (χ4v) is 2.54. The third-order valence-corrected chi connectivity index (χ3v) is 3.89. The van der Waals surface area contributed by atoms with Crippen molar-refractivity contribution in [3.05, 3.63) is 0 Å². The van der Waals surface area contributed by atoms with Crippen LogP contribution in [0.4, 0.5) is 0 Å². The van der Waals surface area contributed by atoms with E-state index in [1.807, 2.05) is 13.8 Å². The van der Waals surface area contributed by atoms with Gasteiger partial charge in [0.15, 0.2) is 0 Å². The van der Waals surface area contributed by atoms with Gasteiger partial charge in [0.1, 0.15) is 0 Å². The molecule has 2 unspecified atom stereocenters. The summed E-state index contributed by atoms with van der Waals surface area (Å²) in [5.74, 6) is -1.90. The fraction of sp³-hybridized carbons (Fsp3) is 0.846. The number of carboxylic acid groups (broad SMARTS) is 1. The molecule has 1 aliphatic rings. The predicted octanol–water partition coefficient (Wildman–Crippen LogP) is 0.964. The van der Waals surface area contributed by atoms with Crippen LogP contribution < -0.4 is 0 Å². The number of carbonyl (C=O) groups is 2. The summed E-state index contributed by atoms with van der Waals surface area (Å²) in [6.45, 7) is 4.45. The molecule has 18 heavy (non-hydrogen) atoms. The van der Waals surface area contributed by atoms with Crippen LogP contribution in [0.15, 0.2) is 0 Å². The van der Waals surface area contributed by atoms with Gasteiger partial charge >= 0.3 is 5.97 Å². The molecular weight excluding hydrogens is 234 g/mol. The molecule has 0 aromatic heterocycles. The molecule has 1 rings (SSSR count). The van der Waals surface area contributed by atoms with Gasteiger partial charge in [0.05, 0.1) is 11.8 Å². The molecule has 5 nitrogen and oxygen atoms in total. The molecule has 0 heterocycles. The Morgan fingerprint density at radius 1 is 1.17 bits per heavy atom. The number of aliphatic hydroxyl groups excluding tert-OH is 1. The molecule has 0 aromatic carbocycles. The van der Waals surface area contributed by atoms with E-state index in [-0.39, 0.29) is 12.5 Å². The van der Waals surface area contributed by atoms with E-state index in [0.717, 1.165) is 19.3 Å².